The number of rotatable bonds is 5. The molecular formula is C21H21N5O4S. The number of hydrogen-bond acceptors (Lipinski definition) is 7. The van der Waals surface area contributed by atoms with Crippen molar-refractivity contribution in [2.75, 3.05) is 28.5 Å². The van der Waals surface area contributed by atoms with Gasteiger partial charge in [-0.15, -0.1) is 0 Å². The van der Waals surface area contributed by atoms with E-state index in [0.717, 1.165) is 16.7 Å². The SMILES string of the molecule is Cc1cccc(C)c1-c1cc(N2CCOC2=O)nc(NS(=O)(=O)c2cccc(N)c2)n1. The summed E-state index contributed by atoms with van der Waals surface area (Å²) < 4.78 is 33.2. The van der Waals surface area contributed by atoms with E-state index in [1.807, 2.05) is 32.0 Å². The lowest BCUT2D eigenvalue weighted by Crippen LogP contribution is -2.25. The number of anilines is 3. The third-order valence-corrected chi connectivity index (χ3v) is 6.21. The van der Waals surface area contributed by atoms with Crippen molar-refractivity contribution in [3.63, 3.8) is 0 Å². The van der Waals surface area contributed by atoms with Crippen LogP contribution in [-0.2, 0) is 14.8 Å². The Kier molecular flexibility index (Phi) is 5.24. The van der Waals surface area contributed by atoms with E-state index in [1.165, 1.54) is 17.0 Å². The molecule has 0 saturated carbocycles. The van der Waals surface area contributed by atoms with Crippen molar-refractivity contribution >= 4 is 33.6 Å². The van der Waals surface area contributed by atoms with E-state index >= 15 is 0 Å². The largest absolute Gasteiger partial charge is 0.447 e. The predicted octanol–water partition coefficient (Wildman–Crippen LogP) is 3.10. The monoisotopic (exact) mass is 439 g/mol. The minimum absolute atomic E-state index is 0.0179. The highest BCUT2D eigenvalue weighted by Gasteiger charge is 2.27. The lowest BCUT2D eigenvalue weighted by Gasteiger charge is -2.17. The summed E-state index contributed by atoms with van der Waals surface area (Å²) in [5.41, 5.74) is 9.28. The standard InChI is InChI=1S/C21H21N5O4S/c1-13-5-3-6-14(2)19(13)17-12-18(26-9-10-30-21(26)27)24-20(23-17)25-31(28,29)16-8-4-7-15(22)11-16/h3-8,11-12H,9-10,22H2,1-2H3,(H,23,24,25). The molecule has 0 aliphatic carbocycles. The second-order valence-corrected chi connectivity index (χ2v) is 8.83. The zero-order chi connectivity index (χ0) is 22.2. The number of nitrogens with zero attached hydrogens (tertiary/aromatic N) is 3. The number of nitrogen functional groups attached to an aromatic ring is 1. The van der Waals surface area contributed by atoms with Crippen LogP contribution in [0.2, 0.25) is 0 Å². The predicted molar refractivity (Wildman–Crippen MR) is 117 cm³/mol. The van der Waals surface area contributed by atoms with Crippen LogP contribution in [0, 0.1) is 13.8 Å². The van der Waals surface area contributed by atoms with Crippen LogP contribution in [0.15, 0.2) is 53.4 Å². The van der Waals surface area contributed by atoms with Gasteiger partial charge in [0, 0.05) is 17.3 Å². The average molecular weight is 439 g/mol. The maximum Gasteiger partial charge on any atom is 0.415 e. The van der Waals surface area contributed by atoms with Crippen molar-refractivity contribution in [3.8, 4) is 11.3 Å². The topological polar surface area (TPSA) is 128 Å². The zero-order valence-electron chi connectivity index (χ0n) is 17.0. The molecule has 0 unspecified atom stereocenters. The molecule has 0 bridgehead atoms. The van der Waals surface area contributed by atoms with Crippen molar-refractivity contribution in [1.29, 1.82) is 0 Å². The first-order valence-corrected chi connectivity index (χ1v) is 11.0. The number of aromatic nitrogens is 2. The average Bonchev–Trinajstić information content (AvgIpc) is 3.13. The summed E-state index contributed by atoms with van der Waals surface area (Å²) >= 11 is 0. The van der Waals surface area contributed by atoms with Crippen molar-refractivity contribution in [2.24, 2.45) is 0 Å². The Morgan fingerprint density at radius 2 is 1.77 bits per heavy atom. The summed E-state index contributed by atoms with van der Waals surface area (Å²) in [4.78, 5) is 22.1. The Hall–Kier alpha value is -3.66. The van der Waals surface area contributed by atoms with Crippen molar-refractivity contribution in [1.82, 2.24) is 9.97 Å². The van der Waals surface area contributed by atoms with Crippen LogP contribution in [0.3, 0.4) is 0 Å². The minimum atomic E-state index is -4.00. The fourth-order valence-corrected chi connectivity index (χ4v) is 4.43. The molecule has 3 N–H and O–H groups in total. The van der Waals surface area contributed by atoms with Gasteiger partial charge in [0.1, 0.15) is 12.4 Å². The van der Waals surface area contributed by atoms with Gasteiger partial charge in [0.25, 0.3) is 10.0 Å². The summed E-state index contributed by atoms with van der Waals surface area (Å²) in [7, 11) is -4.00. The summed E-state index contributed by atoms with van der Waals surface area (Å²) in [6, 6.07) is 13.4. The molecule has 10 heteroatoms. The van der Waals surface area contributed by atoms with Gasteiger partial charge in [-0.25, -0.2) is 22.9 Å². The number of aryl methyl sites for hydroxylation is 2. The number of benzene rings is 2. The summed E-state index contributed by atoms with van der Waals surface area (Å²) in [6.07, 6.45) is -0.546. The van der Waals surface area contributed by atoms with E-state index in [9.17, 15) is 13.2 Å². The second-order valence-electron chi connectivity index (χ2n) is 7.15. The molecule has 0 radical (unpaired) electrons. The highest BCUT2D eigenvalue weighted by molar-refractivity contribution is 7.92. The molecule has 1 aromatic heterocycles. The maximum atomic E-state index is 12.9. The quantitative estimate of drug-likeness (QED) is 0.585. The van der Waals surface area contributed by atoms with E-state index in [0.29, 0.717) is 17.9 Å². The number of cyclic esters (lactones) is 1. The maximum absolute atomic E-state index is 12.9. The molecular weight excluding hydrogens is 418 g/mol. The van der Waals surface area contributed by atoms with Crippen LogP contribution in [0.4, 0.5) is 22.2 Å². The summed E-state index contributed by atoms with van der Waals surface area (Å²) in [5.74, 6) is 0.0951. The summed E-state index contributed by atoms with van der Waals surface area (Å²) in [6.45, 7) is 4.41. The lowest BCUT2D eigenvalue weighted by molar-refractivity contribution is 0.181. The molecule has 1 saturated heterocycles. The number of nitrogens with two attached hydrogens (primary N) is 1. The third-order valence-electron chi connectivity index (χ3n) is 4.88. The molecule has 1 amide bonds. The minimum Gasteiger partial charge on any atom is -0.447 e. The van der Waals surface area contributed by atoms with Crippen molar-refractivity contribution in [3.05, 3.63) is 59.7 Å². The fourth-order valence-electron chi connectivity index (χ4n) is 3.43. The molecule has 31 heavy (non-hydrogen) atoms. The first-order valence-electron chi connectivity index (χ1n) is 9.53. The van der Waals surface area contributed by atoms with E-state index in [-0.39, 0.29) is 23.3 Å². The van der Waals surface area contributed by atoms with Gasteiger partial charge in [0.05, 0.1) is 17.1 Å². The van der Waals surface area contributed by atoms with Gasteiger partial charge in [-0.1, -0.05) is 24.3 Å². The number of hydrogen-bond donors (Lipinski definition) is 2. The molecule has 1 aliphatic rings. The molecule has 1 fully saturated rings. The number of ether oxygens (including phenoxy) is 1. The zero-order valence-corrected chi connectivity index (χ0v) is 17.8. The van der Waals surface area contributed by atoms with Gasteiger partial charge in [0.2, 0.25) is 5.95 Å². The number of carbonyl (C=O) groups is 1. The Bertz CT molecular complexity index is 1260. The van der Waals surface area contributed by atoms with Crippen LogP contribution in [0.5, 0.6) is 0 Å². The van der Waals surface area contributed by atoms with Crippen LogP contribution in [-0.4, -0.2) is 37.6 Å². The van der Waals surface area contributed by atoms with Gasteiger partial charge in [0.15, 0.2) is 0 Å². The van der Waals surface area contributed by atoms with E-state index in [4.69, 9.17) is 10.5 Å². The van der Waals surface area contributed by atoms with Gasteiger partial charge in [-0.3, -0.25) is 4.90 Å². The first kappa shape index (κ1) is 20.6. The molecule has 0 atom stereocenters. The highest BCUT2D eigenvalue weighted by Crippen LogP contribution is 2.30. The summed E-state index contributed by atoms with van der Waals surface area (Å²) in [5, 5.41) is 0. The molecule has 2 aromatic carbocycles. The third kappa shape index (κ3) is 4.15. The smallest absolute Gasteiger partial charge is 0.415 e. The number of sulfonamides is 1. The molecule has 1 aliphatic heterocycles. The number of nitrogens with one attached hydrogen (secondary N) is 1. The van der Waals surface area contributed by atoms with Gasteiger partial charge in [-0.2, -0.15) is 4.98 Å². The van der Waals surface area contributed by atoms with E-state index in [2.05, 4.69) is 14.7 Å². The van der Waals surface area contributed by atoms with E-state index in [1.54, 1.807) is 18.2 Å². The second kappa shape index (κ2) is 7.88. The Morgan fingerprint density at radius 1 is 1.06 bits per heavy atom. The molecule has 3 aromatic rings. The number of amides is 1. The molecule has 0 spiro atoms. The normalized spacial score (nSPS) is 13.9. The van der Waals surface area contributed by atoms with Crippen LogP contribution in [0.1, 0.15) is 11.1 Å². The van der Waals surface area contributed by atoms with Crippen molar-refractivity contribution < 1.29 is 17.9 Å². The Morgan fingerprint density at radius 3 is 2.42 bits per heavy atom. The number of carbonyl (C=O) groups excluding carboxylic acids is 1. The molecule has 160 valence electrons. The Labute approximate surface area is 179 Å². The molecule has 4 rings (SSSR count). The fraction of sp³-hybridized carbons (Fsp3) is 0.190. The van der Waals surface area contributed by atoms with E-state index < -0.39 is 16.1 Å². The first-order chi connectivity index (χ1) is 14.7. The van der Waals surface area contributed by atoms with Crippen LogP contribution < -0.4 is 15.4 Å². The van der Waals surface area contributed by atoms with Crippen molar-refractivity contribution in [2.45, 2.75) is 18.7 Å². The van der Waals surface area contributed by atoms with Gasteiger partial charge >= 0.3 is 6.09 Å². The van der Waals surface area contributed by atoms with Crippen LogP contribution >= 0.6 is 0 Å². The molecule has 2 heterocycles. The van der Waals surface area contributed by atoms with Gasteiger partial charge < -0.3 is 10.5 Å². The van der Waals surface area contributed by atoms with Crippen LogP contribution in [0.25, 0.3) is 11.3 Å². The lowest BCUT2D eigenvalue weighted by atomic mass is 10.00. The van der Waals surface area contributed by atoms with Gasteiger partial charge in [-0.05, 0) is 43.2 Å². The Balaban J connectivity index is 1.83. The highest BCUT2D eigenvalue weighted by atomic mass is 32.2. The molecule has 9 nitrogen and oxygen atoms in total.